The fourth-order valence-corrected chi connectivity index (χ4v) is 1.99. The van der Waals surface area contributed by atoms with E-state index < -0.39 is 29.7 Å². The fourth-order valence-electron chi connectivity index (χ4n) is 1.99. The van der Waals surface area contributed by atoms with Crippen molar-refractivity contribution in [2.75, 3.05) is 19.0 Å². The highest BCUT2D eigenvalue weighted by atomic mass is 16.6. The third-order valence-electron chi connectivity index (χ3n) is 3.24. The molecule has 2 amide bonds. The molecule has 0 unspecified atom stereocenters. The van der Waals surface area contributed by atoms with Crippen molar-refractivity contribution in [1.29, 1.82) is 0 Å². The van der Waals surface area contributed by atoms with Crippen LogP contribution in [-0.2, 0) is 19.1 Å². The van der Waals surface area contributed by atoms with Crippen LogP contribution in [0.2, 0.25) is 0 Å². The van der Waals surface area contributed by atoms with Crippen molar-refractivity contribution >= 4 is 23.7 Å². The van der Waals surface area contributed by atoms with Gasteiger partial charge in [-0.2, -0.15) is 0 Å². The smallest absolute Gasteiger partial charge is 0.407 e. The lowest BCUT2D eigenvalue weighted by atomic mass is 10.2. The third-order valence-corrected chi connectivity index (χ3v) is 3.24. The van der Waals surface area contributed by atoms with E-state index in [4.69, 9.17) is 14.2 Å². The Kier molecular flexibility index (Phi) is 8.58. The SMILES string of the molecule is COc1cccc(NC(=O)[C@@H](C)OC(=O)CCCNC(=O)OC(C)(C)C)c1. The summed E-state index contributed by atoms with van der Waals surface area (Å²) in [5.74, 6) is -0.354. The second kappa shape index (κ2) is 10.4. The Bertz CT molecular complexity index is 654. The minimum Gasteiger partial charge on any atom is -0.497 e. The van der Waals surface area contributed by atoms with E-state index in [1.54, 1.807) is 45.0 Å². The Labute approximate surface area is 159 Å². The lowest BCUT2D eigenvalue weighted by Crippen LogP contribution is -2.33. The summed E-state index contributed by atoms with van der Waals surface area (Å²) in [6.07, 6.45) is -1.03. The van der Waals surface area contributed by atoms with Crippen molar-refractivity contribution in [3.63, 3.8) is 0 Å². The molecule has 1 atom stereocenters. The van der Waals surface area contributed by atoms with Gasteiger partial charge in [0.2, 0.25) is 0 Å². The number of methoxy groups -OCH3 is 1. The maximum Gasteiger partial charge on any atom is 0.407 e. The molecule has 150 valence electrons. The van der Waals surface area contributed by atoms with Crippen molar-refractivity contribution in [1.82, 2.24) is 5.32 Å². The summed E-state index contributed by atoms with van der Waals surface area (Å²) in [5.41, 5.74) is -0.0296. The van der Waals surface area contributed by atoms with Crippen molar-refractivity contribution in [2.24, 2.45) is 0 Å². The highest BCUT2D eigenvalue weighted by molar-refractivity contribution is 5.95. The molecule has 0 aliphatic heterocycles. The molecule has 2 N–H and O–H groups in total. The van der Waals surface area contributed by atoms with Gasteiger partial charge in [-0.3, -0.25) is 9.59 Å². The number of benzene rings is 1. The quantitative estimate of drug-likeness (QED) is 0.531. The van der Waals surface area contributed by atoms with E-state index in [-0.39, 0.29) is 13.0 Å². The van der Waals surface area contributed by atoms with Crippen LogP contribution in [0, 0.1) is 0 Å². The van der Waals surface area contributed by atoms with E-state index in [2.05, 4.69) is 10.6 Å². The van der Waals surface area contributed by atoms with Gasteiger partial charge in [-0.1, -0.05) is 6.07 Å². The number of alkyl carbamates (subject to hydrolysis) is 1. The number of esters is 1. The molecule has 0 saturated carbocycles. The molecule has 0 bridgehead atoms. The monoisotopic (exact) mass is 380 g/mol. The van der Waals surface area contributed by atoms with Crippen molar-refractivity contribution in [2.45, 2.75) is 52.2 Å². The summed E-state index contributed by atoms with van der Waals surface area (Å²) < 4.78 is 15.3. The van der Waals surface area contributed by atoms with Crippen LogP contribution in [0.3, 0.4) is 0 Å². The molecule has 1 rings (SSSR count). The first-order chi connectivity index (χ1) is 12.6. The van der Waals surface area contributed by atoms with E-state index in [1.165, 1.54) is 14.0 Å². The Balaban J connectivity index is 2.30. The second-order valence-electron chi connectivity index (χ2n) is 6.89. The van der Waals surface area contributed by atoms with Gasteiger partial charge in [0, 0.05) is 24.7 Å². The molecule has 0 aliphatic rings. The predicted octanol–water partition coefficient (Wildman–Crippen LogP) is 2.87. The lowest BCUT2D eigenvalue weighted by Gasteiger charge is -2.19. The van der Waals surface area contributed by atoms with Crippen molar-refractivity contribution in [3.8, 4) is 5.75 Å². The summed E-state index contributed by atoms with van der Waals surface area (Å²) in [7, 11) is 1.53. The van der Waals surface area contributed by atoms with Crippen LogP contribution < -0.4 is 15.4 Å². The third kappa shape index (κ3) is 9.48. The maximum atomic E-state index is 12.1. The van der Waals surface area contributed by atoms with Crippen LogP contribution in [0.25, 0.3) is 0 Å². The molecule has 0 aliphatic carbocycles. The molecule has 0 saturated heterocycles. The molecule has 0 spiro atoms. The van der Waals surface area contributed by atoms with E-state index >= 15 is 0 Å². The first-order valence-corrected chi connectivity index (χ1v) is 8.72. The summed E-state index contributed by atoms with van der Waals surface area (Å²) in [6.45, 7) is 7.06. The topological polar surface area (TPSA) is 103 Å². The van der Waals surface area contributed by atoms with Gasteiger partial charge in [0.25, 0.3) is 5.91 Å². The van der Waals surface area contributed by atoms with Gasteiger partial charge in [-0.15, -0.1) is 0 Å². The number of nitrogens with one attached hydrogen (secondary N) is 2. The lowest BCUT2D eigenvalue weighted by molar-refractivity contribution is -0.153. The number of rotatable bonds is 8. The zero-order chi connectivity index (χ0) is 20.4. The van der Waals surface area contributed by atoms with Crippen LogP contribution >= 0.6 is 0 Å². The van der Waals surface area contributed by atoms with Crippen LogP contribution in [0.5, 0.6) is 5.75 Å². The molecular weight excluding hydrogens is 352 g/mol. The second-order valence-corrected chi connectivity index (χ2v) is 6.89. The minimum absolute atomic E-state index is 0.0760. The molecule has 8 nitrogen and oxygen atoms in total. The van der Waals surface area contributed by atoms with E-state index in [0.29, 0.717) is 17.9 Å². The maximum absolute atomic E-state index is 12.1. The first kappa shape index (κ1) is 22.3. The van der Waals surface area contributed by atoms with Crippen molar-refractivity contribution in [3.05, 3.63) is 24.3 Å². The molecule has 1 aromatic carbocycles. The fraction of sp³-hybridized carbons (Fsp3) is 0.526. The Morgan fingerprint density at radius 3 is 2.52 bits per heavy atom. The Morgan fingerprint density at radius 1 is 1.19 bits per heavy atom. The molecule has 8 heteroatoms. The summed E-state index contributed by atoms with van der Waals surface area (Å²) in [6, 6.07) is 6.86. The van der Waals surface area contributed by atoms with E-state index in [0.717, 1.165) is 0 Å². The number of anilines is 1. The molecule has 0 radical (unpaired) electrons. The Hall–Kier alpha value is -2.77. The van der Waals surface area contributed by atoms with Gasteiger partial charge >= 0.3 is 12.1 Å². The number of carbonyl (C=O) groups is 3. The van der Waals surface area contributed by atoms with E-state index in [9.17, 15) is 14.4 Å². The van der Waals surface area contributed by atoms with Gasteiger partial charge < -0.3 is 24.8 Å². The van der Waals surface area contributed by atoms with Gasteiger partial charge in [0.1, 0.15) is 11.4 Å². The summed E-state index contributed by atoms with van der Waals surface area (Å²) in [5, 5.41) is 5.21. The normalized spacial score (nSPS) is 11.9. The van der Waals surface area contributed by atoms with Gasteiger partial charge in [-0.05, 0) is 46.2 Å². The summed E-state index contributed by atoms with van der Waals surface area (Å²) >= 11 is 0. The van der Waals surface area contributed by atoms with E-state index in [1.807, 2.05) is 0 Å². The minimum atomic E-state index is -0.942. The van der Waals surface area contributed by atoms with Gasteiger partial charge in [0.05, 0.1) is 7.11 Å². The molecule has 27 heavy (non-hydrogen) atoms. The highest BCUT2D eigenvalue weighted by Crippen LogP contribution is 2.17. The van der Waals surface area contributed by atoms with Crippen LogP contribution in [0.15, 0.2) is 24.3 Å². The molecule has 1 aromatic rings. The average molecular weight is 380 g/mol. The van der Waals surface area contributed by atoms with Crippen LogP contribution in [-0.4, -0.2) is 43.3 Å². The first-order valence-electron chi connectivity index (χ1n) is 8.72. The van der Waals surface area contributed by atoms with Crippen molar-refractivity contribution < 1.29 is 28.6 Å². The summed E-state index contributed by atoms with van der Waals surface area (Å²) in [4.78, 5) is 35.4. The van der Waals surface area contributed by atoms with Crippen LogP contribution in [0.1, 0.15) is 40.5 Å². The molecule has 0 fully saturated rings. The largest absolute Gasteiger partial charge is 0.497 e. The highest BCUT2D eigenvalue weighted by Gasteiger charge is 2.18. The molecule has 0 aromatic heterocycles. The van der Waals surface area contributed by atoms with Gasteiger partial charge in [-0.25, -0.2) is 4.79 Å². The number of amides is 2. The predicted molar refractivity (Wildman–Crippen MR) is 101 cm³/mol. The molecule has 0 heterocycles. The standard InChI is InChI=1S/C19H28N2O6/c1-13(17(23)21-14-8-6-9-15(12-14)25-5)26-16(22)10-7-11-20-18(24)27-19(2,3)4/h6,8-9,12-13H,7,10-11H2,1-5H3,(H,20,24)(H,21,23)/t13-/m1/s1. The Morgan fingerprint density at radius 2 is 1.89 bits per heavy atom. The number of ether oxygens (including phenoxy) is 3. The van der Waals surface area contributed by atoms with Crippen LogP contribution in [0.4, 0.5) is 10.5 Å². The zero-order valence-corrected chi connectivity index (χ0v) is 16.5. The zero-order valence-electron chi connectivity index (χ0n) is 16.5. The number of carbonyl (C=O) groups excluding carboxylic acids is 3. The number of hydrogen-bond acceptors (Lipinski definition) is 6. The number of hydrogen-bond donors (Lipinski definition) is 2. The average Bonchev–Trinajstić information content (AvgIpc) is 2.57. The molecular formula is C19H28N2O6. The van der Waals surface area contributed by atoms with Gasteiger partial charge in [0.15, 0.2) is 6.10 Å².